The van der Waals surface area contributed by atoms with Crippen LogP contribution < -0.4 is 5.32 Å². The third kappa shape index (κ3) is 8.36. The second-order valence-corrected chi connectivity index (χ2v) is 5.77. The molecule has 0 amide bonds. The second-order valence-electron chi connectivity index (χ2n) is 5.77. The quantitative estimate of drug-likeness (QED) is 0.543. The van der Waals surface area contributed by atoms with Crippen molar-refractivity contribution in [3.8, 4) is 0 Å². The molecule has 1 rings (SSSR count). The highest BCUT2D eigenvalue weighted by molar-refractivity contribution is 4.77. The first-order chi connectivity index (χ1) is 9.86. The monoisotopic (exact) mass is 279 g/mol. The van der Waals surface area contributed by atoms with Crippen LogP contribution in [0.1, 0.15) is 71.6 Å². The summed E-state index contributed by atoms with van der Waals surface area (Å²) < 4.78 is 2.02. The van der Waals surface area contributed by atoms with Gasteiger partial charge in [-0.1, -0.05) is 52.4 Å². The van der Waals surface area contributed by atoms with Crippen LogP contribution in [0.4, 0.5) is 0 Å². The average Bonchev–Trinajstić information content (AvgIpc) is 2.96. The van der Waals surface area contributed by atoms with Gasteiger partial charge in [0.05, 0.1) is 0 Å². The molecule has 20 heavy (non-hydrogen) atoms. The zero-order valence-electron chi connectivity index (χ0n) is 13.5. The van der Waals surface area contributed by atoms with Crippen LogP contribution in [0.25, 0.3) is 0 Å². The fraction of sp³-hybridized carbons (Fsp3) is 0.824. The lowest BCUT2D eigenvalue weighted by Crippen LogP contribution is -2.30. The van der Waals surface area contributed by atoms with Crippen LogP contribution in [-0.4, -0.2) is 22.4 Å². The van der Waals surface area contributed by atoms with Crippen molar-refractivity contribution in [1.82, 2.24) is 15.1 Å². The number of unbranched alkanes of at least 4 members (excludes halogenated alkanes) is 4. The van der Waals surface area contributed by atoms with E-state index in [0.717, 1.165) is 19.1 Å². The average molecular weight is 279 g/mol. The topological polar surface area (TPSA) is 29.9 Å². The maximum absolute atomic E-state index is 4.24. The Hall–Kier alpha value is -0.830. The van der Waals surface area contributed by atoms with E-state index in [1.54, 1.807) is 0 Å². The van der Waals surface area contributed by atoms with Crippen molar-refractivity contribution >= 4 is 0 Å². The maximum atomic E-state index is 4.24. The van der Waals surface area contributed by atoms with Crippen LogP contribution in [0, 0.1) is 0 Å². The Balaban J connectivity index is 2.13. The molecule has 1 N–H and O–H groups in total. The molecule has 0 aliphatic rings. The van der Waals surface area contributed by atoms with Gasteiger partial charge in [-0.25, -0.2) is 0 Å². The molecule has 0 spiro atoms. The highest BCUT2D eigenvalue weighted by atomic mass is 15.3. The van der Waals surface area contributed by atoms with Gasteiger partial charge < -0.3 is 5.32 Å². The van der Waals surface area contributed by atoms with Crippen molar-refractivity contribution in [3.63, 3.8) is 0 Å². The predicted octanol–water partition coefficient (Wildman–Crippen LogP) is 4.39. The fourth-order valence-corrected chi connectivity index (χ4v) is 2.61. The second kappa shape index (κ2) is 12.0. The highest BCUT2D eigenvalue weighted by Crippen LogP contribution is 2.11. The first-order valence-electron chi connectivity index (χ1n) is 8.57. The van der Waals surface area contributed by atoms with Gasteiger partial charge in [0.1, 0.15) is 0 Å². The summed E-state index contributed by atoms with van der Waals surface area (Å²) >= 11 is 0. The number of rotatable bonds is 13. The van der Waals surface area contributed by atoms with Crippen molar-refractivity contribution in [2.75, 3.05) is 6.54 Å². The molecule has 0 fully saturated rings. The van der Waals surface area contributed by atoms with Crippen molar-refractivity contribution in [2.45, 2.75) is 84.2 Å². The molecular formula is C17H33N3. The molecule has 3 nitrogen and oxygen atoms in total. The summed E-state index contributed by atoms with van der Waals surface area (Å²) in [6.07, 6.45) is 15.9. The zero-order chi connectivity index (χ0) is 14.5. The third-order valence-corrected chi connectivity index (χ3v) is 3.87. The van der Waals surface area contributed by atoms with Gasteiger partial charge in [0.25, 0.3) is 0 Å². The SMILES string of the molecule is CCCCCC(CCCCC)NCCCn1cccn1. The summed E-state index contributed by atoms with van der Waals surface area (Å²) in [5.74, 6) is 0. The van der Waals surface area contributed by atoms with E-state index >= 15 is 0 Å². The molecule has 0 atom stereocenters. The Morgan fingerprint density at radius 3 is 2.25 bits per heavy atom. The molecule has 116 valence electrons. The van der Waals surface area contributed by atoms with Crippen LogP contribution >= 0.6 is 0 Å². The van der Waals surface area contributed by atoms with Crippen LogP contribution in [0.15, 0.2) is 18.5 Å². The Morgan fingerprint density at radius 2 is 1.70 bits per heavy atom. The van der Waals surface area contributed by atoms with E-state index in [4.69, 9.17) is 0 Å². The molecule has 1 heterocycles. The molecule has 0 radical (unpaired) electrons. The van der Waals surface area contributed by atoms with Crippen molar-refractivity contribution in [3.05, 3.63) is 18.5 Å². The Bertz CT molecular complexity index is 285. The van der Waals surface area contributed by atoms with Crippen molar-refractivity contribution in [1.29, 1.82) is 0 Å². The summed E-state index contributed by atoms with van der Waals surface area (Å²) in [4.78, 5) is 0. The van der Waals surface area contributed by atoms with E-state index in [0.29, 0.717) is 0 Å². The van der Waals surface area contributed by atoms with E-state index in [1.807, 2.05) is 23.1 Å². The minimum Gasteiger partial charge on any atom is -0.314 e. The molecule has 3 heteroatoms. The Kier molecular flexibility index (Phi) is 10.3. The normalized spacial score (nSPS) is 11.3. The number of aromatic nitrogens is 2. The summed E-state index contributed by atoms with van der Waals surface area (Å²) in [7, 11) is 0. The lowest BCUT2D eigenvalue weighted by Gasteiger charge is -2.18. The molecule has 0 saturated heterocycles. The molecule has 0 aliphatic carbocycles. The largest absolute Gasteiger partial charge is 0.314 e. The maximum Gasteiger partial charge on any atom is 0.0489 e. The predicted molar refractivity (Wildman–Crippen MR) is 86.9 cm³/mol. The highest BCUT2D eigenvalue weighted by Gasteiger charge is 2.07. The molecule has 0 bridgehead atoms. The van der Waals surface area contributed by atoms with Crippen LogP contribution in [0.2, 0.25) is 0 Å². The van der Waals surface area contributed by atoms with Gasteiger partial charge in [-0.05, 0) is 31.9 Å². The molecule has 1 aromatic heterocycles. The van der Waals surface area contributed by atoms with Gasteiger partial charge in [-0.2, -0.15) is 5.10 Å². The lowest BCUT2D eigenvalue weighted by atomic mass is 10.0. The van der Waals surface area contributed by atoms with Gasteiger partial charge in [0.15, 0.2) is 0 Å². The molecule has 0 saturated carbocycles. The van der Waals surface area contributed by atoms with E-state index in [2.05, 4.69) is 24.3 Å². The minimum atomic E-state index is 0.728. The number of hydrogen-bond acceptors (Lipinski definition) is 2. The Morgan fingerprint density at radius 1 is 1.00 bits per heavy atom. The first kappa shape index (κ1) is 17.2. The summed E-state index contributed by atoms with van der Waals surface area (Å²) in [6.45, 7) is 6.70. The van der Waals surface area contributed by atoms with E-state index in [-0.39, 0.29) is 0 Å². The van der Waals surface area contributed by atoms with E-state index < -0.39 is 0 Å². The lowest BCUT2D eigenvalue weighted by molar-refractivity contribution is 0.407. The number of aryl methyl sites for hydroxylation is 1. The van der Waals surface area contributed by atoms with Crippen LogP contribution in [0.5, 0.6) is 0 Å². The third-order valence-electron chi connectivity index (χ3n) is 3.87. The summed E-state index contributed by atoms with van der Waals surface area (Å²) in [5.41, 5.74) is 0. The van der Waals surface area contributed by atoms with Gasteiger partial charge in [-0.3, -0.25) is 4.68 Å². The van der Waals surface area contributed by atoms with Crippen LogP contribution in [0.3, 0.4) is 0 Å². The summed E-state index contributed by atoms with van der Waals surface area (Å²) in [5, 5.41) is 8.00. The minimum absolute atomic E-state index is 0.728. The zero-order valence-corrected chi connectivity index (χ0v) is 13.5. The fourth-order valence-electron chi connectivity index (χ4n) is 2.61. The standard InChI is InChI=1S/C17H33N3/c1-3-5-7-11-17(12-8-6-4-2)18-13-9-15-20-16-10-14-19-20/h10,14,16-18H,3-9,11-13,15H2,1-2H3. The number of hydrogen-bond donors (Lipinski definition) is 1. The Labute approximate surface area is 125 Å². The van der Waals surface area contributed by atoms with E-state index in [1.165, 1.54) is 57.8 Å². The summed E-state index contributed by atoms with van der Waals surface area (Å²) in [6, 6.07) is 2.72. The van der Waals surface area contributed by atoms with E-state index in [9.17, 15) is 0 Å². The molecule has 0 aromatic carbocycles. The first-order valence-corrected chi connectivity index (χ1v) is 8.57. The van der Waals surface area contributed by atoms with Crippen LogP contribution in [-0.2, 0) is 6.54 Å². The van der Waals surface area contributed by atoms with Gasteiger partial charge in [-0.15, -0.1) is 0 Å². The number of nitrogens with zero attached hydrogens (tertiary/aromatic N) is 2. The van der Waals surface area contributed by atoms with Gasteiger partial charge in [0.2, 0.25) is 0 Å². The molecule has 0 aliphatic heterocycles. The number of nitrogens with one attached hydrogen (secondary N) is 1. The molecule has 0 unspecified atom stereocenters. The van der Waals surface area contributed by atoms with Crippen molar-refractivity contribution in [2.24, 2.45) is 0 Å². The smallest absolute Gasteiger partial charge is 0.0489 e. The molecule has 1 aromatic rings. The van der Waals surface area contributed by atoms with Gasteiger partial charge >= 0.3 is 0 Å². The van der Waals surface area contributed by atoms with Gasteiger partial charge in [0, 0.05) is 25.0 Å². The molecular weight excluding hydrogens is 246 g/mol. The van der Waals surface area contributed by atoms with Crippen molar-refractivity contribution < 1.29 is 0 Å².